The molecule has 0 heterocycles. The predicted octanol–water partition coefficient (Wildman–Crippen LogP) is 3.34. The Morgan fingerprint density at radius 3 is 2.48 bits per heavy atom. The van der Waals surface area contributed by atoms with Crippen molar-refractivity contribution in [3.05, 3.63) is 70.7 Å². The number of benzene rings is 2. The summed E-state index contributed by atoms with van der Waals surface area (Å²) in [6, 6.07) is 16.6. The monoisotopic (exact) mass is 303 g/mol. The lowest BCUT2D eigenvalue weighted by Crippen LogP contribution is -2.32. The van der Waals surface area contributed by atoms with E-state index in [1.54, 1.807) is 6.07 Å². The number of carbonyl (C=O) groups excluding carboxylic acids is 1. The summed E-state index contributed by atoms with van der Waals surface area (Å²) in [5.41, 5.74) is 7.80. The van der Waals surface area contributed by atoms with E-state index in [4.69, 9.17) is 22.1 Å². The first kappa shape index (κ1) is 15.5. The minimum Gasteiger partial charge on any atom is -0.460 e. The number of rotatable bonds is 6. The van der Waals surface area contributed by atoms with Crippen LogP contribution >= 0.6 is 11.6 Å². The van der Waals surface area contributed by atoms with E-state index in [1.807, 2.05) is 48.5 Å². The minimum absolute atomic E-state index is 0.150. The second kappa shape index (κ2) is 7.81. The zero-order valence-corrected chi connectivity index (χ0v) is 12.4. The van der Waals surface area contributed by atoms with Gasteiger partial charge in [-0.15, -0.1) is 0 Å². The van der Waals surface area contributed by atoms with E-state index < -0.39 is 12.0 Å². The van der Waals surface area contributed by atoms with Crippen LogP contribution in [-0.2, 0) is 22.6 Å². The molecule has 0 saturated carbocycles. The van der Waals surface area contributed by atoms with Gasteiger partial charge < -0.3 is 10.5 Å². The molecule has 0 aliphatic rings. The summed E-state index contributed by atoms with van der Waals surface area (Å²) in [6.45, 7) is 0.150. The molecule has 4 heteroatoms. The zero-order chi connectivity index (χ0) is 15.1. The van der Waals surface area contributed by atoms with Gasteiger partial charge >= 0.3 is 5.97 Å². The topological polar surface area (TPSA) is 52.3 Å². The standard InChI is InChI=1S/C17H18ClNO2/c18-15-9-5-4-8-14(15)12-21-17(20)16(19)11-10-13-6-2-1-3-7-13/h1-9,16H,10-12,19H2. The highest BCUT2D eigenvalue weighted by Gasteiger charge is 2.15. The molecule has 21 heavy (non-hydrogen) atoms. The summed E-state index contributed by atoms with van der Waals surface area (Å²) in [6.07, 6.45) is 1.31. The highest BCUT2D eigenvalue weighted by molar-refractivity contribution is 6.31. The number of hydrogen-bond donors (Lipinski definition) is 1. The molecule has 0 saturated heterocycles. The molecule has 0 aliphatic carbocycles. The van der Waals surface area contributed by atoms with Crippen molar-refractivity contribution in [1.82, 2.24) is 0 Å². The molecule has 0 aromatic heterocycles. The smallest absolute Gasteiger partial charge is 0.323 e. The number of nitrogens with two attached hydrogens (primary N) is 1. The molecule has 0 bridgehead atoms. The molecule has 0 fully saturated rings. The Morgan fingerprint density at radius 2 is 1.76 bits per heavy atom. The molecule has 0 spiro atoms. The largest absolute Gasteiger partial charge is 0.460 e. The first-order valence-corrected chi connectivity index (χ1v) is 7.24. The predicted molar refractivity (Wildman–Crippen MR) is 84.0 cm³/mol. The fourth-order valence-corrected chi connectivity index (χ4v) is 2.15. The Labute approximate surface area is 129 Å². The average molecular weight is 304 g/mol. The van der Waals surface area contributed by atoms with E-state index in [-0.39, 0.29) is 6.61 Å². The van der Waals surface area contributed by atoms with E-state index in [0.29, 0.717) is 11.4 Å². The Balaban J connectivity index is 1.79. The van der Waals surface area contributed by atoms with Crippen LogP contribution in [-0.4, -0.2) is 12.0 Å². The van der Waals surface area contributed by atoms with Gasteiger partial charge in [-0.25, -0.2) is 0 Å². The van der Waals surface area contributed by atoms with Gasteiger partial charge in [0.15, 0.2) is 0 Å². The fraction of sp³-hybridized carbons (Fsp3) is 0.235. The number of carbonyl (C=O) groups is 1. The fourth-order valence-electron chi connectivity index (χ4n) is 1.96. The van der Waals surface area contributed by atoms with Gasteiger partial charge in [0.25, 0.3) is 0 Å². The molecule has 0 radical (unpaired) electrons. The molecule has 2 rings (SSSR count). The molecule has 1 atom stereocenters. The SMILES string of the molecule is NC(CCc1ccccc1)C(=O)OCc1ccccc1Cl. The first-order chi connectivity index (χ1) is 10.2. The summed E-state index contributed by atoms with van der Waals surface area (Å²) in [5.74, 6) is -0.397. The molecule has 3 nitrogen and oxygen atoms in total. The summed E-state index contributed by atoms with van der Waals surface area (Å²) in [7, 11) is 0. The van der Waals surface area contributed by atoms with Crippen molar-refractivity contribution < 1.29 is 9.53 Å². The maximum Gasteiger partial charge on any atom is 0.323 e. The molecule has 2 aromatic carbocycles. The third-order valence-corrected chi connectivity index (χ3v) is 3.59. The van der Waals surface area contributed by atoms with Gasteiger partial charge in [-0.1, -0.05) is 60.1 Å². The minimum atomic E-state index is -0.618. The van der Waals surface area contributed by atoms with Crippen molar-refractivity contribution in [3.8, 4) is 0 Å². The summed E-state index contributed by atoms with van der Waals surface area (Å²) < 4.78 is 5.21. The van der Waals surface area contributed by atoms with E-state index in [2.05, 4.69) is 0 Å². The number of halogens is 1. The van der Waals surface area contributed by atoms with Crippen LogP contribution in [0.5, 0.6) is 0 Å². The van der Waals surface area contributed by atoms with E-state index in [9.17, 15) is 4.79 Å². The third-order valence-electron chi connectivity index (χ3n) is 3.22. The average Bonchev–Trinajstić information content (AvgIpc) is 2.52. The van der Waals surface area contributed by atoms with Crippen LogP contribution in [0.2, 0.25) is 5.02 Å². The summed E-state index contributed by atoms with van der Waals surface area (Å²) >= 11 is 6.01. The first-order valence-electron chi connectivity index (χ1n) is 6.86. The van der Waals surface area contributed by atoms with Crippen LogP contribution in [0.4, 0.5) is 0 Å². The van der Waals surface area contributed by atoms with Crippen molar-refractivity contribution in [3.63, 3.8) is 0 Å². The van der Waals surface area contributed by atoms with E-state index in [0.717, 1.165) is 17.5 Å². The van der Waals surface area contributed by atoms with Gasteiger partial charge in [0.2, 0.25) is 0 Å². The molecule has 2 aromatic rings. The lowest BCUT2D eigenvalue weighted by atomic mass is 10.1. The second-order valence-corrected chi connectivity index (χ2v) is 5.24. The van der Waals surface area contributed by atoms with Gasteiger partial charge in [-0.3, -0.25) is 4.79 Å². The molecule has 1 unspecified atom stereocenters. The quantitative estimate of drug-likeness (QED) is 0.833. The van der Waals surface area contributed by atoms with Crippen molar-refractivity contribution in [2.75, 3.05) is 0 Å². The van der Waals surface area contributed by atoms with Gasteiger partial charge in [-0.2, -0.15) is 0 Å². The number of esters is 1. The molecule has 0 aliphatic heterocycles. The molecular formula is C17H18ClNO2. The normalized spacial score (nSPS) is 11.9. The van der Waals surface area contributed by atoms with Crippen LogP contribution in [0.3, 0.4) is 0 Å². The van der Waals surface area contributed by atoms with Crippen molar-refractivity contribution >= 4 is 17.6 Å². The highest BCUT2D eigenvalue weighted by Crippen LogP contribution is 2.16. The number of aryl methyl sites for hydroxylation is 1. The van der Waals surface area contributed by atoms with Gasteiger partial charge in [0.1, 0.15) is 12.6 Å². The third kappa shape index (κ3) is 4.88. The number of hydrogen-bond acceptors (Lipinski definition) is 3. The molecular weight excluding hydrogens is 286 g/mol. The van der Waals surface area contributed by atoms with Gasteiger partial charge in [0.05, 0.1) is 0 Å². The van der Waals surface area contributed by atoms with Gasteiger partial charge in [-0.05, 0) is 24.5 Å². The number of ether oxygens (including phenoxy) is 1. The maximum atomic E-state index is 11.9. The van der Waals surface area contributed by atoms with E-state index in [1.165, 1.54) is 0 Å². The summed E-state index contributed by atoms with van der Waals surface area (Å²) in [4.78, 5) is 11.9. The summed E-state index contributed by atoms with van der Waals surface area (Å²) in [5, 5.41) is 0.586. The van der Waals surface area contributed by atoms with Crippen LogP contribution in [0.25, 0.3) is 0 Å². The van der Waals surface area contributed by atoms with E-state index >= 15 is 0 Å². The Morgan fingerprint density at radius 1 is 1.10 bits per heavy atom. The van der Waals surface area contributed by atoms with Crippen LogP contribution in [0, 0.1) is 0 Å². The van der Waals surface area contributed by atoms with Crippen LogP contribution in [0.1, 0.15) is 17.5 Å². The Kier molecular flexibility index (Phi) is 5.78. The molecule has 110 valence electrons. The van der Waals surface area contributed by atoms with Gasteiger partial charge in [0, 0.05) is 10.6 Å². The maximum absolute atomic E-state index is 11.9. The van der Waals surface area contributed by atoms with Crippen LogP contribution < -0.4 is 5.73 Å². The lowest BCUT2D eigenvalue weighted by molar-refractivity contribution is -0.146. The zero-order valence-electron chi connectivity index (χ0n) is 11.7. The molecule has 0 amide bonds. The van der Waals surface area contributed by atoms with Crippen molar-refractivity contribution in [1.29, 1.82) is 0 Å². The van der Waals surface area contributed by atoms with Crippen molar-refractivity contribution in [2.24, 2.45) is 5.73 Å². The molecule has 2 N–H and O–H groups in total. The Hall–Kier alpha value is -1.84. The Bertz CT molecular complexity index is 586. The lowest BCUT2D eigenvalue weighted by Gasteiger charge is -2.12. The van der Waals surface area contributed by atoms with Crippen molar-refractivity contribution in [2.45, 2.75) is 25.5 Å². The van der Waals surface area contributed by atoms with Crippen LogP contribution in [0.15, 0.2) is 54.6 Å². The highest BCUT2D eigenvalue weighted by atomic mass is 35.5. The second-order valence-electron chi connectivity index (χ2n) is 4.83.